The third-order valence-electron chi connectivity index (χ3n) is 6.87. The zero-order chi connectivity index (χ0) is 22.3. The van der Waals surface area contributed by atoms with E-state index in [2.05, 4.69) is 41.8 Å². The number of pyridine rings is 1. The van der Waals surface area contributed by atoms with Crippen molar-refractivity contribution in [3.8, 4) is 0 Å². The summed E-state index contributed by atoms with van der Waals surface area (Å²) in [5.74, 6) is 0.952. The topological polar surface area (TPSA) is 56.8 Å². The Kier molecular flexibility index (Phi) is 5.55. The zero-order valence-electron chi connectivity index (χ0n) is 18.8. The number of piperazine rings is 1. The van der Waals surface area contributed by atoms with Crippen LogP contribution in [0.4, 0.5) is 11.5 Å². The molecule has 0 radical (unpaired) electrons. The molecular formula is C25H30N4O2S. The maximum Gasteiger partial charge on any atom is 0.243 e. The first-order valence-electron chi connectivity index (χ1n) is 11.4. The second-order valence-corrected chi connectivity index (χ2v) is 10.8. The number of aryl methyl sites for hydroxylation is 1. The highest BCUT2D eigenvalue weighted by atomic mass is 32.2. The molecule has 2 saturated heterocycles. The molecule has 2 fully saturated rings. The SMILES string of the molecule is Cc1cccc(N2CCN(c3ccc4cc(S(=O)(=O)N5CCCC5)ccc4n3)CC2)c1C. The van der Waals surface area contributed by atoms with Crippen LogP contribution in [0, 0.1) is 13.8 Å². The molecule has 7 heteroatoms. The van der Waals surface area contributed by atoms with Gasteiger partial charge in [-0.1, -0.05) is 12.1 Å². The minimum absolute atomic E-state index is 0.364. The molecule has 2 aliphatic rings. The molecular weight excluding hydrogens is 420 g/mol. The van der Waals surface area contributed by atoms with Crippen LogP contribution < -0.4 is 9.80 Å². The maximum absolute atomic E-state index is 12.9. The summed E-state index contributed by atoms with van der Waals surface area (Å²) < 4.78 is 27.3. The van der Waals surface area contributed by atoms with E-state index >= 15 is 0 Å². The number of sulfonamides is 1. The average molecular weight is 451 g/mol. The van der Waals surface area contributed by atoms with E-state index in [9.17, 15) is 8.42 Å². The quantitative estimate of drug-likeness (QED) is 0.602. The average Bonchev–Trinajstić information content (AvgIpc) is 3.36. The Morgan fingerprint density at radius 2 is 1.53 bits per heavy atom. The summed E-state index contributed by atoms with van der Waals surface area (Å²) in [7, 11) is -3.41. The number of nitrogens with zero attached hydrogens (tertiary/aromatic N) is 4. The molecule has 0 bridgehead atoms. The molecule has 2 aliphatic heterocycles. The van der Waals surface area contributed by atoms with Crippen LogP contribution in [0.15, 0.2) is 53.4 Å². The van der Waals surface area contributed by atoms with Crippen molar-refractivity contribution in [3.05, 3.63) is 59.7 Å². The Labute approximate surface area is 190 Å². The van der Waals surface area contributed by atoms with Crippen LogP contribution in [0.3, 0.4) is 0 Å². The molecule has 0 aliphatic carbocycles. The third-order valence-corrected chi connectivity index (χ3v) is 8.76. The number of hydrogen-bond donors (Lipinski definition) is 0. The first-order chi connectivity index (χ1) is 15.4. The second-order valence-electron chi connectivity index (χ2n) is 8.83. The Morgan fingerprint density at radius 3 is 2.28 bits per heavy atom. The van der Waals surface area contributed by atoms with Gasteiger partial charge >= 0.3 is 0 Å². The van der Waals surface area contributed by atoms with Crippen LogP contribution >= 0.6 is 0 Å². The van der Waals surface area contributed by atoms with Crippen molar-refractivity contribution in [2.45, 2.75) is 31.6 Å². The summed E-state index contributed by atoms with van der Waals surface area (Å²) in [4.78, 5) is 9.98. The number of hydrogen-bond acceptors (Lipinski definition) is 5. The van der Waals surface area contributed by atoms with Gasteiger partial charge in [0.2, 0.25) is 10.0 Å². The van der Waals surface area contributed by atoms with Gasteiger partial charge < -0.3 is 9.80 Å². The number of rotatable bonds is 4. The Bertz CT molecular complexity index is 1240. The summed E-state index contributed by atoms with van der Waals surface area (Å²) in [5, 5.41) is 0.864. The molecule has 3 heterocycles. The molecule has 5 rings (SSSR count). The van der Waals surface area contributed by atoms with Crippen LogP contribution in [0.2, 0.25) is 0 Å². The Morgan fingerprint density at radius 1 is 0.812 bits per heavy atom. The summed E-state index contributed by atoms with van der Waals surface area (Å²) >= 11 is 0. The van der Waals surface area contributed by atoms with E-state index in [1.807, 2.05) is 18.2 Å². The molecule has 0 N–H and O–H groups in total. The highest BCUT2D eigenvalue weighted by Crippen LogP contribution is 2.27. The molecule has 0 unspecified atom stereocenters. The standard InChI is InChI=1S/C25H30N4O2S/c1-19-6-5-7-24(20(19)2)27-14-16-28(17-15-27)25-11-8-21-18-22(9-10-23(21)26-25)32(30,31)29-12-3-4-13-29/h5-11,18H,3-4,12-17H2,1-2H3. The van der Waals surface area contributed by atoms with Gasteiger partial charge in [-0.25, -0.2) is 13.4 Å². The van der Waals surface area contributed by atoms with E-state index in [4.69, 9.17) is 4.98 Å². The molecule has 6 nitrogen and oxygen atoms in total. The largest absolute Gasteiger partial charge is 0.368 e. The van der Waals surface area contributed by atoms with Gasteiger partial charge in [-0.15, -0.1) is 0 Å². The molecule has 1 aromatic heterocycles. The molecule has 0 saturated carbocycles. The molecule has 0 amide bonds. The fraction of sp³-hybridized carbons (Fsp3) is 0.400. The number of aromatic nitrogens is 1. The van der Waals surface area contributed by atoms with E-state index < -0.39 is 10.0 Å². The van der Waals surface area contributed by atoms with E-state index in [1.54, 1.807) is 16.4 Å². The van der Waals surface area contributed by atoms with Crippen molar-refractivity contribution in [1.82, 2.24) is 9.29 Å². The van der Waals surface area contributed by atoms with Crippen molar-refractivity contribution < 1.29 is 8.42 Å². The van der Waals surface area contributed by atoms with Gasteiger partial charge in [0.1, 0.15) is 5.82 Å². The van der Waals surface area contributed by atoms with Crippen LogP contribution in [0.25, 0.3) is 10.9 Å². The van der Waals surface area contributed by atoms with E-state index in [0.29, 0.717) is 18.0 Å². The number of fused-ring (bicyclic) bond motifs is 1. The van der Waals surface area contributed by atoms with Crippen LogP contribution in [0.1, 0.15) is 24.0 Å². The lowest BCUT2D eigenvalue weighted by atomic mass is 10.1. The fourth-order valence-electron chi connectivity index (χ4n) is 4.76. The van der Waals surface area contributed by atoms with Crippen molar-refractivity contribution in [2.75, 3.05) is 49.1 Å². The number of benzene rings is 2. The molecule has 0 spiro atoms. The summed E-state index contributed by atoms with van der Waals surface area (Å²) in [6, 6.07) is 15.8. The molecule has 2 aromatic carbocycles. The van der Waals surface area contributed by atoms with Crippen LogP contribution in [-0.4, -0.2) is 57.0 Å². The van der Waals surface area contributed by atoms with Gasteiger partial charge in [-0.2, -0.15) is 4.31 Å². The molecule has 0 atom stereocenters. The van der Waals surface area contributed by atoms with Gasteiger partial charge in [0.25, 0.3) is 0 Å². The lowest BCUT2D eigenvalue weighted by Crippen LogP contribution is -2.47. The Hall–Kier alpha value is -2.64. The lowest BCUT2D eigenvalue weighted by Gasteiger charge is -2.37. The molecule has 32 heavy (non-hydrogen) atoms. The molecule has 168 valence electrons. The number of anilines is 2. The van der Waals surface area contributed by atoms with Crippen molar-refractivity contribution in [3.63, 3.8) is 0 Å². The van der Waals surface area contributed by atoms with Gasteiger partial charge in [0, 0.05) is 50.3 Å². The smallest absolute Gasteiger partial charge is 0.243 e. The van der Waals surface area contributed by atoms with Crippen molar-refractivity contribution in [1.29, 1.82) is 0 Å². The lowest BCUT2D eigenvalue weighted by molar-refractivity contribution is 0.477. The van der Waals surface area contributed by atoms with Gasteiger partial charge in [0.05, 0.1) is 10.4 Å². The van der Waals surface area contributed by atoms with E-state index in [1.165, 1.54) is 16.8 Å². The minimum atomic E-state index is -3.41. The van der Waals surface area contributed by atoms with Crippen molar-refractivity contribution in [2.24, 2.45) is 0 Å². The molecule has 3 aromatic rings. The fourth-order valence-corrected chi connectivity index (χ4v) is 6.31. The minimum Gasteiger partial charge on any atom is -0.368 e. The second kappa shape index (κ2) is 8.37. The Balaban J connectivity index is 1.33. The first kappa shape index (κ1) is 21.2. The van der Waals surface area contributed by atoms with Gasteiger partial charge in [-0.05, 0) is 74.2 Å². The van der Waals surface area contributed by atoms with Crippen molar-refractivity contribution >= 4 is 32.4 Å². The van der Waals surface area contributed by atoms with Crippen LogP contribution in [0.5, 0.6) is 0 Å². The normalized spacial score (nSPS) is 17.9. The van der Waals surface area contributed by atoms with Crippen LogP contribution in [-0.2, 0) is 10.0 Å². The van der Waals surface area contributed by atoms with E-state index in [0.717, 1.165) is 55.7 Å². The summed E-state index contributed by atoms with van der Waals surface area (Å²) in [6.07, 6.45) is 1.88. The van der Waals surface area contributed by atoms with Gasteiger partial charge in [-0.3, -0.25) is 0 Å². The van der Waals surface area contributed by atoms with E-state index in [-0.39, 0.29) is 0 Å². The summed E-state index contributed by atoms with van der Waals surface area (Å²) in [6.45, 7) is 9.32. The first-order valence-corrected chi connectivity index (χ1v) is 12.8. The predicted molar refractivity (Wildman–Crippen MR) is 130 cm³/mol. The highest BCUT2D eigenvalue weighted by Gasteiger charge is 2.27. The zero-order valence-corrected chi connectivity index (χ0v) is 19.6. The predicted octanol–water partition coefficient (Wildman–Crippen LogP) is 3.96. The monoisotopic (exact) mass is 450 g/mol. The summed E-state index contributed by atoms with van der Waals surface area (Å²) in [5.41, 5.74) is 4.83. The van der Waals surface area contributed by atoms with Gasteiger partial charge in [0.15, 0.2) is 0 Å². The third kappa shape index (κ3) is 3.84. The maximum atomic E-state index is 12.9. The highest BCUT2D eigenvalue weighted by molar-refractivity contribution is 7.89.